The van der Waals surface area contributed by atoms with E-state index < -0.39 is 59.0 Å². The van der Waals surface area contributed by atoms with Crippen LogP contribution in [0.5, 0.6) is 0 Å². The number of amides is 2. The van der Waals surface area contributed by atoms with E-state index in [-0.39, 0.29) is 36.4 Å². The predicted molar refractivity (Wildman–Crippen MR) is 161 cm³/mol. The third-order valence-electron chi connectivity index (χ3n) is 5.30. The molecule has 1 aromatic carbocycles. The number of carbonyl (C=O) groups excluding carboxylic acids is 5. The number of carbonyl (C=O) groups is 5. The maximum absolute atomic E-state index is 14.1. The number of aromatic nitrogens is 1. The van der Waals surface area contributed by atoms with E-state index in [0.29, 0.717) is 5.39 Å². The van der Waals surface area contributed by atoms with Crippen LogP contribution in [-0.4, -0.2) is 65.4 Å². The standard InChI is InChI=1S/C19H23FN2O4.C12H21NO5/c1-6-25-17(23)13-10-12-8-7-9-14(20)16(12)22-15(13)11(2)21-18(24)26-19(3,4)5;1-6-17-10(15)7-9(14)8(2)13-11(16)18-12(3,4)5/h7-11H,6H2,1-5H3,(H,21,24);8H,6-7H2,1-5H3,(H,13,16)/t11-;8-/m00/s1. The number of alkyl carbamates (subject to hydrolysis) is 2. The van der Waals surface area contributed by atoms with Crippen molar-refractivity contribution < 1.29 is 47.3 Å². The molecule has 0 aliphatic rings. The van der Waals surface area contributed by atoms with Gasteiger partial charge in [0.05, 0.1) is 36.6 Å². The second-order valence-electron chi connectivity index (χ2n) is 11.6. The molecule has 0 aliphatic carbocycles. The van der Waals surface area contributed by atoms with Gasteiger partial charge in [-0.05, 0) is 81.4 Å². The Bertz CT molecular complexity index is 1330. The van der Waals surface area contributed by atoms with Crippen LogP contribution in [0.15, 0.2) is 24.3 Å². The number of benzene rings is 1. The molecule has 12 nitrogen and oxygen atoms in total. The lowest BCUT2D eigenvalue weighted by Gasteiger charge is -2.22. The predicted octanol–water partition coefficient (Wildman–Crippen LogP) is 5.56. The van der Waals surface area contributed by atoms with E-state index >= 15 is 0 Å². The summed E-state index contributed by atoms with van der Waals surface area (Å²) in [6.07, 6.45) is -1.70. The minimum atomic E-state index is -0.788. The van der Waals surface area contributed by atoms with E-state index in [0.717, 1.165) is 0 Å². The van der Waals surface area contributed by atoms with Gasteiger partial charge in [0.15, 0.2) is 5.78 Å². The summed E-state index contributed by atoms with van der Waals surface area (Å²) in [5, 5.41) is 5.46. The summed E-state index contributed by atoms with van der Waals surface area (Å²) in [4.78, 5) is 62.7. The van der Waals surface area contributed by atoms with Gasteiger partial charge in [-0.15, -0.1) is 0 Å². The van der Waals surface area contributed by atoms with Crippen LogP contribution >= 0.6 is 0 Å². The molecule has 13 heteroatoms. The van der Waals surface area contributed by atoms with Gasteiger partial charge in [0.25, 0.3) is 0 Å². The van der Waals surface area contributed by atoms with Crippen molar-refractivity contribution >= 4 is 40.8 Å². The summed E-state index contributed by atoms with van der Waals surface area (Å²) < 4.78 is 34.0. The molecule has 0 radical (unpaired) electrons. The van der Waals surface area contributed by atoms with Crippen LogP contribution in [0.2, 0.25) is 0 Å². The summed E-state index contributed by atoms with van der Waals surface area (Å²) in [5.41, 5.74) is -0.793. The number of hydrogen-bond donors (Lipinski definition) is 2. The largest absolute Gasteiger partial charge is 0.466 e. The Morgan fingerprint density at radius 2 is 1.41 bits per heavy atom. The van der Waals surface area contributed by atoms with E-state index in [1.54, 1.807) is 68.4 Å². The maximum Gasteiger partial charge on any atom is 0.408 e. The SMILES string of the molecule is CCOC(=O)CC(=O)[C@H](C)NC(=O)OC(C)(C)C.CCOC(=O)c1cc2cccc(F)c2nc1[C@H](C)NC(=O)OC(C)(C)C. The molecule has 0 fully saturated rings. The number of para-hydroxylation sites is 1. The summed E-state index contributed by atoms with van der Waals surface area (Å²) in [6.45, 7) is 17.3. The summed E-state index contributed by atoms with van der Waals surface area (Å²) in [5.74, 6) is -2.11. The highest BCUT2D eigenvalue weighted by Gasteiger charge is 2.25. The van der Waals surface area contributed by atoms with Crippen molar-refractivity contribution in [3.05, 3.63) is 41.3 Å². The van der Waals surface area contributed by atoms with Crippen molar-refractivity contribution in [2.24, 2.45) is 0 Å². The third-order valence-corrected chi connectivity index (χ3v) is 5.30. The summed E-state index contributed by atoms with van der Waals surface area (Å²) in [7, 11) is 0. The molecule has 0 bridgehead atoms. The number of esters is 2. The number of halogens is 1. The van der Waals surface area contributed by atoms with Crippen molar-refractivity contribution in [3.8, 4) is 0 Å². The number of fused-ring (bicyclic) bond motifs is 1. The van der Waals surface area contributed by atoms with Gasteiger partial charge in [-0.25, -0.2) is 23.8 Å². The first-order valence-corrected chi connectivity index (χ1v) is 14.2. The van der Waals surface area contributed by atoms with Crippen molar-refractivity contribution in [2.45, 2.75) is 98.9 Å². The molecule has 1 heterocycles. The van der Waals surface area contributed by atoms with Crippen LogP contribution in [0.1, 0.15) is 97.8 Å². The Labute approximate surface area is 257 Å². The first-order valence-electron chi connectivity index (χ1n) is 14.2. The number of Topliss-reactive ketones (excluding diaryl/α,β-unsaturated/α-hetero) is 1. The number of nitrogens with one attached hydrogen (secondary N) is 2. The Balaban J connectivity index is 0.000000474. The van der Waals surface area contributed by atoms with Gasteiger partial charge in [0.2, 0.25) is 0 Å². The smallest absolute Gasteiger partial charge is 0.408 e. The Morgan fingerprint density at radius 1 is 0.864 bits per heavy atom. The van der Waals surface area contributed by atoms with Gasteiger partial charge in [0, 0.05) is 5.39 Å². The molecule has 244 valence electrons. The quantitative estimate of drug-likeness (QED) is 0.206. The monoisotopic (exact) mass is 621 g/mol. The zero-order valence-corrected chi connectivity index (χ0v) is 27.1. The van der Waals surface area contributed by atoms with E-state index in [9.17, 15) is 28.4 Å². The summed E-state index contributed by atoms with van der Waals surface area (Å²) in [6, 6.07) is 4.53. The van der Waals surface area contributed by atoms with Crippen LogP contribution in [0, 0.1) is 5.82 Å². The number of pyridine rings is 1. The third kappa shape index (κ3) is 13.3. The summed E-state index contributed by atoms with van der Waals surface area (Å²) >= 11 is 0. The Hall–Kier alpha value is -4.29. The Morgan fingerprint density at radius 3 is 1.93 bits per heavy atom. The van der Waals surface area contributed by atoms with Gasteiger partial charge in [-0.3, -0.25) is 9.59 Å². The molecular formula is C31H44FN3O9. The van der Waals surface area contributed by atoms with E-state index in [4.69, 9.17) is 14.2 Å². The zero-order chi connectivity index (χ0) is 33.8. The lowest BCUT2D eigenvalue weighted by molar-refractivity contribution is -0.145. The van der Waals surface area contributed by atoms with Gasteiger partial charge in [0.1, 0.15) is 29.0 Å². The molecular weight excluding hydrogens is 577 g/mol. The first kappa shape index (κ1) is 37.7. The molecule has 2 N–H and O–H groups in total. The molecule has 0 saturated heterocycles. The molecule has 0 saturated carbocycles. The van der Waals surface area contributed by atoms with E-state index in [1.165, 1.54) is 25.1 Å². The van der Waals surface area contributed by atoms with Gasteiger partial charge in [-0.1, -0.05) is 12.1 Å². The molecule has 0 spiro atoms. The van der Waals surface area contributed by atoms with Crippen LogP contribution in [0.4, 0.5) is 14.0 Å². The van der Waals surface area contributed by atoms with Crippen molar-refractivity contribution in [2.75, 3.05) is 13.2 Å². The molecule has 2 aromatic rings. The average molecular weight is 622 g/mol. The fourth-order valence-corrected chi connectivity index (χ4v) is 3.50. The van der Waals surface area contributed by atoms with Crippen LogP contribution in [0.25, 0.3) is 10.9 Å². The molecule has 0 unspecified atom stereocenters. The highest BCUT2D eigenvalue weighted by Crippen LogP contribution is 2.24. The second kappa shape index (κ2) is 16.5. The lowest BCUT2D eigenvalue weighted by Crippen LogP contribution is -2.42. The lowest BCUT2D eigenvalue weighted by atomic mass is 10.0. The van der Waals surface area contributed by atoms with Crippen molar-refractivity contribution in [3.63, 3.8) is 0 Å². The Kier molecular flexibility index (Phi) is 14.2. The van der Waals surface area contributed by atoms with Gasteiger partial charge >= 0.3 is 24.1 Å². The minimum Gasteiger partial charge on any atom is -0.466 e. The molecule has 1 aromatic heterocycles. The normalized spacial score (nSPS) is 12.5. The van der Waals surface area contributed by atoms with Crippen molar-refractivity contribution in [1.29, 1.82) is 0 Å². The number of ether oxygens (including phenoxy) is 4. The second-order valence-corrected chi connectivity index (χ2v) is 11.6. The number of nitrogens with zero attached hydrogens (tertiary/aromatic N) is 1. The highest BCUT2D eigenvalue weighted by molar-refractivity contribution is 5.99. The topological polar surface area (TPSA) is 159 Å². The number of hydrogen-bond acceptors (Lipinski definition) is 10. The molecule has 44 heavy (non-hydrogen) atoms. The fourth-order valence-electron chi connectivity index (χ4n) is 3.50. The highest BCUT2D eigenvalue weighted by atomic mass is 19.1. The molecule has 0 aliphatic heterocycles. The molecule has 2 amide bonds. The fraction of sp³-hybridized carbons (Fsp3) is 0.548. The molecule has 2 atom stereocenters. The first-order chi connectivity index (χ1) is 20.3. The number of rotatable bonds is 9. The average Bonchev–Trinajstić information content (AvgIpc) is 2.86. The minimum absolute atomic E-state index is 0.119. The zero-order valence-electron chi connectivity index (χ0n) is 27.1. The van der Waals surface area contributed by atoms with Gasteiger partial charge in [-0.2, -0.15) is 0 Å². The maximum atomic E-state index is 14.1. The van der Waals surface area contributed by atoms with Gasteiger partial charge < -0.3 is 29.6 Å². The molecule has 2 rings (SSSR count). The number of ketones is 1. The van der Waals surface area contributed by atoms with E-state index in [2.05, 4.69) is 20.4 Å². The van der Waals surface area contributed by atoms with Crippen molar-refractivity contribution in [1.82, 2.24) is 15.6 Å². The van der Waals surface area contributed by atoms with Crippen LogP contribution < -0.4 is 10.6 Å². The van der Waals surface area contributed by atoms with Crippen LogP contribution in [0.3, 0.4) is 0 Å². The van der Waals surface area contributed by atoms with Crippen LogP contribution in [-0.2, 0) is 28.5 Å². The van der Waals surface area contributed by atoms with E-state index in [1.807, 2.05) is 0 Å².